The van der Waals surface area contributed by atoms with Gasteiger partial charge in [-0.15, -0.1) is 0 Å². The predicted molar refractivity (Wildman–Crippen MR) is 136 cm³/mol. The van der Waals surface area contributed by atoms with Gasteiger partial charge in [-0.25, -0.2) is 0 Å². The molecular weight excluding hydrogens is 919 g/mol. The summed E-state index contributed by atoms with van der Waals surface area (Å²) in [4.78, 5) is 39.2. The molecule has 0 aliphatic carbocycles. The van der Waals surface area contributed by atoms with Crippen molar-refractivity contribution in [3.8, 4) is 0 Å². The molecule has 0 radical (unpaired) electrons. The van der Waals surface area contributed by atoms with Gasteiger partial charge in [0.25, 0.3) is 0 Å². The van der Waals surface area contributed by atoms with Crippen LogP contribution in [0.15, 0.2) is 0 Å². The molecule has 0 amide bonds. The van der Waals surface area contributed by atoms with Gasteiger partial charge in [0.05, 0.1) is 0 Å². The minimum absolute atomic E-state index is 2.29. The van der Waals surface area contributed by atoms with E-state index >= 15 is 79.0 Å². The molecule has 3 fully saturated rings. The molecule has 0 aromatic carbocycles. The monoisotopic (exact) mass is 926 g/mol. The number of carbonyl (C=O) groups excluding carboxylic acids is 3. The summed E-state index contributed by atoms with van der Waals surface area (Å²) < 4.78 is 250. The first-order valence-corrected chi connectivity index (χ1v) is 28.6. The Morgan fingerprint density at radius 1 is 0.419 bits per heavy atom. The summed E-state index contributed by atoms with van der Waals surface area (Å²) in [5.41, 5.74) is -23.3. The number of hydrogen-bond acceptors (Lipinski definition) is 9. The van der Waals surface area contributed by atoms with E-state index in [9.17, 15) is 14.4 Å². The molecule has 3 aliphatic rings. The van der Waals surface area contributed by atoms with Gasteiger partial charge in [-0.2, -0.15) is 0 Å². The van der Waals surface area contributed by atoms with Gasteiger partial charge in [-0.05, 0) is 0 Å². The van der Waals surface area contributed by atoms with Crippen molar-refractivity contribution in [2.24, 2.45) is 0 Å². The van der Waals surface area contributed by atoms with Crippen LogP contribution in [0.1, 0.15) is 0 Å². The van der Waals surface area contributed by atoms with E-state index in [4.69, 9.17) is 0 Å². The van der Waals surface area contributed by atoms with E-state index in [2.05, 4.69) is 72.9 Å². The van der Waals surface area contributed by atoms with Crippen molar-refractivity contribution in [3.05, 3.63) is 0 Å². The maximum atomic E-state index is 15.1. The van der Waals surface area contributed by atoms with Gasteiger partial charge >= 0.3 is 256 Å². The molecule has 3 saturated heterocycles. The van der Waals surface area contributed by atoms with E-state index < -0.39 is 89.8 Å². The van der Waals surface area contributed by atoms with Crippen molar-refractivity contribution >= 4 is 109 Å². The van der Waals surface area contributed by atoms with Gasteiger partial charge in [0.15, 0.2) is 0 Å². The van der Waals surface area contributed by atoms with Crippen LogP contribution in [-0.4, -0.2) is 59.8 Å². The summed E-state index contributed by atoms with van der Waals surface area (Å²) >= 11 is 14.0. The van der Waals surface area contributed by atoms with Crippen LogP contribution >= 0.6 is 93.2 Å². The van der Waals surface area contributed by atoms with E-state index in [0.29, 0.717) is 0 Å². The molecule has 3 nitrogen and oxygen atoms in total. The summed E-state index contributed by atoms with van der Waals surface area (Å²) in [7, 11) is -13.7. The molecule has 0 aromatic rings. The molecule has 3 rings (SSSR count). The zero-order valence-electron chi connectivity index (χ0n) is 18.3. The second-order valence-electron chi connectivity index (χ2n) is 8.46. The van der Waals surface area contributed by atoms with Crippen LogP contribution in [0.2, 0.25) is 0 Å². The number of carbonyl (C=O) groups is 3. The van der Waals surface area contributed by atoms with Crippen LogP contribution in [0.25, 0.3) is 0 Å². The van der Waals surface area contributed by atoms with Gasteiger partial charge in [-0.3, -0.25) is 0 Å². The van der Waals surface area contributed by atoms with E-state index in [1.54, 1.807) is 0 Å². The standard InChI is InChI=1S/3C4H2F6OS3.Mo/c3*5-3(6,7)1(12)2(11)14(13)4(8,9)10;/h3*12-13H;/q3*+1;-3. The molecule has 0 bridgehead atoms. The molecule has 0 N–H and O–H groups in total. The quantitative estimate of drug-likeness (QED) is 0.0639. The van der Waals surface area contributed by atoms with E-state index in [-0.39, 0.29) is 0 Å². The second kappa shape index (κ2) is 8.30. The van der Waals surface area contributed by atoms with Crippen LogP contribution in [0.4, 0.5) is 79.0 Å². The Hall–Kier alpha value is 1.59. The Bertz CT molecular complexity index is 1140. The minimum atomic E-state index is -13.7. The molecule has 31 heteroatoms. The summed E-state index contributed by atoms with van der Waals surface area (Å²) in [6.45, 7) is -25.8. The Morgan fingerprint density at radius 3 is 0.651 bits per heavy atom. The molecule has 6 unspecified atom stereocenters. The van der Waals surface area contributed by atoms with E-state index in [1.807, 2.05) is 0 Å². The third-order valence-electron chi connectivity index (χ3n) is 7.33. The van der Waals surface area contributed by atoms with Crippen molar-refractivity contribution in [2.45, 2.75) is 44.5 Å². The predicted octanol–water partition coefficient (Wildman–Crippen LogP) is 8.65. The van der Waals surface area contributed by atoms with Crippen LogP contribution in [-0.2, 0) is 24.1 Å². The van der Waals surface area contributed by atoms with E-state index in [1.165, 1.54) is 0 Å². The number of alkyl halides is 18. The number of hydrogen-bond donors (Lipinski definition) is 6. The second-order valence-corrected chi connectivity index (χ2v) is 69.7. The van der Waals surface area contributed by atoms with Gasteiger partial charge in [0, 0.05) is 0 Å². The third kappa shape index (κ3) is 2.29. The Kier molecular flexibility index (Phi) is 7.54. The number of thiol groups is 6. The van der Waals surface area contributed by atoms with Gasteiger partial charge in [0.1, 0.15) is 0 Å². The molecule has 0 aromatic heterocycles. The Morgan fingerprint density at radius 2 is 0.558 bits per heavy atom. The first-order valence-electron chi connectivity index (χ1n) is 9.07. The average Bonchev–Trinajstić information content (AvgIpc) is 2.77. The fraction of sp³-hybridized carbons (Fsp3) is 0.750. The van der Waals surface area contributed by atoms with Crippen molar-refractivity contribution < 1.29 is 103 Å². The topological polar surface area (TPSA) is 51.2 Å². The molecule has 1 spiro atoms. The fourth-order valence-electron chi connectivity index (χ4n) is 6.27. The van der Waals surface area contributed by atoms with Crippen LogP contribution in [0, 0.1) is 0 Å². The Labute approximate surface area is 254 Å². The maximum absolute atomic E-state index is 15.1. The molecule has 3 heterocycles. The zero-order valence-corrected chi connectivity index (χ0v) is 28.2. The fourth-order valence-corrected chi connectivity index (χ4v) is 212. The first kappa shape index (κ1) is 39.0. The Balaban J connectivity index is 3.39. The van der Waals surface area contributed by atoms with Gasteiger partial charge in [0.2, 0.25) is 0 Å². The molecule has 0 saturated carbocycles. The van der Waals surface area contributed by atoms with Crippen LogP contribution in [0.5, 0.6) is 0 Å². The van der Waals surface area contributed by atoms with Crippen LogP contribution in [0.3, 0.4) is 0 Å². The first-order chi connectivity index (χ1) is 18.2. The third-order valence-corrected chi connectivity index (χ3v) is 147. The summed E-state index contributed by atoms with van der Waals surface area (Å²) in [5.74, 6) is 0. The summed E-state index contributed by atoms with van der Waals surface area (Å²) in [6.07, 6.45) is -23.5. The normalized spacial score (nSPS) is 49.0. The number of halogens is 18. The molecular formula is C12H6F18MoO3S9. The zero-order chi connectivity index (χ0) is 35.1. The molecule has 6 atom stereocenters. The van der Waals surface area contributed by atoms with Gasteiger partial charge in [-0.1, -0.05) is 0 Å². The van der Waals surface area contributed by atoms with Crippen molar-refractivity contribution in [3.63, 3.8) is 0 Å². The summed E-state index contributed by atoms with van der Waals surface area (Å²) in [6, 6.07) is 0. The molecule has 258 valence electrons. The van der Waals surface area contributed by atoms with Crippen molar-refractivity contribution in [1.29, 1.82) is 0 Å². The molecule has 43 heavy (non-hydrogen) atoms. The average molecular weight is 925 g/mol. The van der Waals surface area contributed by atoms with Crippen molar-refractivity contribution in [1.82, 2.24) is 0 Å². The number of rotatable bonds is 0. The van der Waals surface area contributed by atoms with Crippen LogP contribution < -0.4 is 0 Å². The van der Waals surface area contributed by atoms with E-state index in [0.717, 1.165) is 0 Å². The SMILES string of the molecule is O=C1[C](S)(C(F)(F)F)[Mo]23([C](S)(C(F)(F)F)C(=O)[S]2(S)C(F)(F)F)([C](S)(C(F)(F)F)C(=O)[S]3(S)C(F)(F)F)[S]1(S)C(F)(F)F. The molecule has 3 aliphatic heterocycles. The van der Waals surface area contributed by atoms with Crippen molar-refractivity contribution in [2.75, 3.05) is 0 Å². The summed E-state index contributed by atoms with van der Waals surface area (Å²) in [5, 5.41) is -12.9. The van der Waals surface area contributed by atoms with Gasteiger partial charge < -0.3 is 0 Å².